The third-order valence-electron chi connectivity index (χ3n) is 4.54. The van der Waals surface area contributed by atoms with E-state index in [1.54, 1.807) is 4.90 Å². The molecular formula is C16H25ClN2O2. The van der Waals surface area contributed by atoms with E-state index in [2.05, 4.69) is 19.2 Å². The normalized spacial score (nSPS) is 25.9. The van der Waals surface area contributed by atoms with Crippen molar-refractivity contribution in [2.75, 3.05) is 6.54 Å². The molecule has 2 aliphatic rings. The molecule has 0 bridgehead atoms. The third-order valence-corrected chi connectivity index (χ3v) is 4.91. The van der Waals surface area contributed by atoms with E-state index in [-0.39, 0.29) is 11.8 Å². The highest BCUT2D eigenvalue weighted by Crippen LogP contribution is 2.39. The summed E-state index contributed by atoms with van der Waals surface area (Å²) in [4.78, 5) is 27.3. The second-order valence-electron chi connectivity index (χ2n) is 6.77. The Labute approximate surface area is 131 Å². The maximum atomic E-state index is 12.9. The topological polar surface area (TPSA) is 49.4 Å². The van der Waals surface area contributed by atoms with Crippen LogP contribution >= 0.6 is 11.6 Å². The number of carbonyl (C=O) groups is 2. The molecule has 2 amide bonds. The molecule has 1 saturated carbocycles. The molecule has 21 heavy (non-hydrogen) atoms. The van der Waals surface area contributed by atoms with Crippen molar-refractivity contribution in [3.05, 3.63) is 11.1 Å². The van der Waals surface area contributed by atoms with E-state index in [0.29, 0.717) is 18.9 Å². The Morgan fingerprint density at radius 3 is 2.57 bits per heavy atom. The first-order chi connectivity index (χ1) is 9.90. The smallest absolute Gasteiger partial charge is 0.246 e. The van der Waals surface area contributed by atoms with Crippen LogP contribution in [0.5, 0.6) is 0 Å². The Morgan fingerprint density at radius 2 is 2.05 bits per heavy atom. The van der Waals surface area contributed by atoms with Gasteiger partial charge in [0.25, 0.3) is 0 Å². The zero-order valence-electron chi connectivity index (χ0n) is 13.1. The lowest BCUT2D eigenvalue weighted by Crippen LogP contribution is -2.70. The Bertz CT molecular complexity index is 453. The highest BCUT2D eigenvalue weighted by atomic mass is 35.5. The summed E-state index contributed by atoms with van der Waals surface area (Å²) in [6.07, 6.45) is 4.19. The minimum atomic E-state index is -0.647. The van der Waals surface area contributed by atoms with Crippen molar-refractivity contribution in [2.24, 2.45) is 5.92 Å². The summed E-state index contributed by atoms with van der Waals surface area (Å²) in [5.41, 5.74) is 1.76. The van der Waals surface area contributed by atoms with Gasteiger partial charge in [-0.15, -0.1) is 0 Å². The maximum Gasteiger partial charge on any atom is 0.246 e. The molecule has 0 aromatic carbocycles. The van der Waals surface area contributed by atoms with Crippen molar-refractivity contribution in [3.63, 3.8) is 0 Å². The van der Waals surface area contributed by atoms with Crippen LogP contribution in [-0.4, -0.2) is 34.8 Å². The molecule has 5 heteroatoms. The van der Waals surface area contributed by atoms with E-state index in [4.69, 9.17) is 11.6 Å². The molecular weight excluding hydrogens is 288 g/mol. The summed E-state index contributed by atoms with van der Waals surface area (Å²) in [6.45, 7) is 6.47. The molecule has 0 radical (unpaired) electrons. The molecule has 118 valence electrons. The van der Waals surface area contributed by atoms with E-state index in [1.165, 1.54) is 5.54 Å². The SMILES string of the molecule is CC(=CCl)CN1C(=O)C(CC(C)C)NC(=O)C12CCCC2. The molecule has 1 saturated heterocycles. The molecule has 1 heterocycles. The molecule has 1 spiro atoms. The van der Waals surface area contributed by atoms with Gasteiger partial charge < -0.3 is 10.2 Å². The standard InChI is InChI=1S/C16H25ClN2O2/c1-11(2)8-13-14(20)19(10-12(3)9-17)16(15(21)18-13)6-4-5-7-16/h9,11,13H,4-8,10H2,1-3H3,(H,18,21). The molecule has 1 aliphatic heterocycles. The van der Waals surface area contributed by atoms with Gasteiger partial charge in [0.2, 0.25) is 11.8 Å². The predicted octanol–water partition coefficient (Wildman–Crippen LogP) is 2.81. The van der Waals surface area contributed by atoms with Gasteiger partial charge in [0.15, 0.2) is 0 Å². The van der Waals surface area contributed by atoms with Crippen molar-refractivity contribution >= 4 is 23.4 Å². The Kier molecular flexibility index (Phi) is 4.97. The van der Waals surface area contributed by atoms with Crippen LogP contribution in [0.4, 0.5) is 0 Å². The van der Waals surface area contributed by atoms with E-state index < -0.39 is 11.6 Å². The average molecular weight is 313 g/mol. The monoisotopic (exact) mass is 312 g/mol. The minimum Gasteiger partial charge on any atom is -0.342 e. The van der Waals surface area contributed by atoms with Crippen LogP contribution in [0.3, 0.4) is 0 Å². The lowest BCUT2D eigenvalue weighted by Gasteiger charge is -2.46. The van der Waals surface area contributed by atoms with Crippen LogP contribution in [0.2, 0.25) is 0 Å². The van der Waals surface area contributed by atoms with E-state index in [0.717, 1.165) is 31.3 Å². The third kappa shape index (κ3) is 3.10. The quantitative estimate of drug-likeness (QED) is 0.868. The molecule has 2 rings (SSSR count). The fraction of sp³-hybridized carbons (Fsp3) is 0.750. The highest BCUT2D eigenvalue weighted by molar-refractivity contribution is 6.25. The van der Waals surface area contributed by atoms with Gasteiger partial charge in [-0.05, 0) is 37.7 Å². The lowest BCUT2D eigenvalue weighted by atomic mass is 9.87. The fourth-order valence-electron chi connectivity index (χ4n) is 3.48. The number of nitrogens with zero attached hydrogens (tertiary/aromatic N) is 1. The second-order valence-corrected chi connectivity index (χ2v) is 6.99. The Morgan fingerprint density at radius 1 is 1.43 bits per heavy atom. The van der Waals surface area contributed by atoms with E-state index in [1.807, 2.05) is 6.92 Å². The van der Waals surface area contributed by atoms with Crippen LogP contribution in [0, 0.1) is 5.92 Å². The molecule has 0 aromatic rings. The Hall–Kier alpha value is -1.03. The summed E-state index contributed by atoms with van der Waals surface area (Å²) >= 11 is 5.77. The molecule has 1 unspecified atom stereocenters. The summed E-state index contributed by atoms with van der Waals surface area (Å²) in [7, 11) is 0. The maximum absolute atomic E-state index is 12.9. The molecule has 0 aromatic heterocycles. The van der Waals surface area contributed by atoms with E-state index >= 15 is 0 Å². The van der Waals surface area contributed by atoms with Gasteiger partial charge in [-0.25, -0.2) is 0 Å². The molecule has 2 fully saturated rings. The summed E-state index contributed by atoms with van der Waals surface area (Å²) in [5.74, 6) is 0.430. The van der Waals surface area contributed by atoms with Gasteiger partial charge in [-0.3, -0.25) is 9.59 Å². The average Bonchev–Trinajstić information content (AvgIpc) is 2.91. The fourth-order valence-corrected chi connectivity index (χ4v) is 3.55. The molecule has 4 nitrogen and oxygen atoms in total. The zero-order chi connectivity index (χ0) is 15.6. The zero-order valence-corrected chi connectivity index (χ0v) is 13.9. The van der Waals surface area contributed by atoms with Crippen molar-refractivity contribution in [1.82, 2.24) is 10.2 Å². The number of piperazine rings is 1. The van der Waals surface area contributed by atoms with Gasteiger partial charge >= 0.3 is 0 Å². The first-order valence-corrected chi connectivity index (χ1v) is 8.22. The van der Waals surface area contributed by atoms with Crippen molar-refractivity contribution in [2.45, 2.75) is 64.5 Å². The number of halogens is 1. The molecule has 1 aliphatic carbocycles. The number of hydrogen-bond acceptors (Lipinski definition) is 2. The van der Waals surface area contributed by atoms with Gasteiger partial charge in [-0.2, -0.15) is 0 Å². The van der Waals surface area contributed by atoms with Crippen molar-refractivity contribution in [3.8, 4) is 0 Å². The predicted molar refractivity (Wildman–Crippen MR) is 83.9 cm³/mol. The number of carbonyl (C=O) groups excluding carboxylic acids is 2. The molecule has 1 N–H and O–H groups in total. The van der Waals surface area contributed by atoms with Crippen LogP contribution in [-0.2, 0) is 9.59 Å². The Balaban J connectivity index is 2.30. The minimum absolute atomic E-state index is 0.0209. The first-order valence-electron chi connectivity index (χ1n) is 7.79. The van der Waals surface area contributed by atoms with Gasteiger partial charge in [0.05, 0.1) is 0 Å². The number of hydrogen-bond donors (Lipinski definition) is 1. The van der Waals surface area contributed by atoms with Gasteiger partial charge in [0.1, 0.15) is 11.6 Å². The second kappa shape index (κ2) is 6.39. The summed E-state index contributed by atoms with van der Waals surface area (Å²) < 4.78 is 0. The number of nitrogens with one attached hydrogen (secondary N) is 1. The van der Waals surface area contributed by atoms with E-state index in [9.17, 15) is 9.59 Å². The number of rotatable bonds is 4. The number of amides is 2. The van der Waals surface area contributed by atoms with Crippen LogP contribution < -0.4 is 5.32 Å². The molecule has 1 atom stereocenters. The van der Waals surface area contributed by atoms with Crippen LogP contribution in [0.25, 0.3) is 0 Å². The van der Waals surface area contributed by atoms with Crippen molar-refractivity contribution in [1.29, 1.82) is 0 Å². The highest BCUT2D eigenvalue weighted by Gasteiger charge is 2.53. The van der Waals surface area contributed by atoms with Crippen molar-refractivity contribution < 1.29 is 9.59 Å². The van der Waals surface area contributed by atoms with Gasteiger partial charge in [-0.1, -0.05) is 38.3 Å². The summed E-state index contributed by atoms with van der Waals surface area (Å²) in [5, 5.41) is 2.97. The first kappa shape index (κ1) is 16.3. The van der Waals surface area contributed by atoms with Crippen LogP contribution in [0.1, 0.15) is 52.9 Å². The summed E-state index contributed by atoms with van der Waals surface area (Å²) in [6, 6.07) is -0.396. The van der Waals surface area contributed by atoms with Crippen LogP contribution in [0.15, 0.2) is 11.1 Å². The van der Waals surface area contributed by atoms with Gasteiger partial charge in [0, 0.05) is 12.1 Å². The largest absolute Gasteiger partial charge is 0.342 e. The lowest BCUT2D eigenvalue weighted by molar-refractivity contribution is -0.157.